The molecule has 0 aromatic heterocycles. The highest BCUT2D eigenvalue weighted by Gasteiger charge is 2.27. The zero-order valence-corrected chi connectivity index (χ0v) is 19.7. The maximum Gasteiger partial charge on any atom is 0.242 e. The fourth-order valence-electron chi connectivity index (χ4n) is 3.33. The molecular formula is C23H29F2N3O4S. The molecule has 0 heterocycles. The predicted molar refractivity (Wildman–Crippen MR) is 123 cm³/mol. The van der Waals surface area contributed by atoms with E-state index in [0.717, 1.165) is 22.7 Å². The highest BCUT2D eigenvalue weighted by molar-refractivity contribution is 7.92. The molecular weight excluding hydrogens is 452 g/mol. The molecule has 0 saturated heterocycles. The Morgan fingerprint density at radius 3 is 2.27 bits per heavy atom. The highest BCUT2D eigenvalue weighted by Crippen LogP contribution is 2.20. The molecule has 0 bridgehead atoms. The number of hydrogen-bond acceptors (Lipinski definition) is 4. The van der Waals surface area contributed by atoms with Crippen molar-refractivity contribution in [3.63, 3.8) is 0 Å². The van der Waals surface area contributed by atoms with Crippen LogP contribution in [0.25, 0.3) is 0 Å². The second-order valence-corrected chi connectivity index (χ2v) is 9.51. The van der Waals surface area contributed by atoms with Gasteiger partial charge in [0.1, 0.15) is 17.7 Å². The molecule has 2 aromatic carbocycles. The summed E-state index contributed by atoms with van der Waals surface area (Å²) in [5.74, 6) is -1.76. The van der Waals surface area contributed by atoms with Crippen LogP contribution in [0.3, 0.4) is 0 Å². The molecule has 0 aliphatic rings. The maximum atomic E-state index is 14.2. The first-order valence-electron chi connectivity index (χ1n) is 10.6. The summed E-state index contributed by atoms with van der Waals surface area (Å²) in [6, 6.07) is 10.2. The van der Waals surface area contributed by atoms with Gasteiger partial charge in [-0.05, 0) is 50.6 Å². The molecule has 1 atom stereocenters. The van der Waals surface area contributed by atoms with Gasteiger partial charge in [0.05, 0.1) is 11.9 Å². The lowest BCUT2D eigenvalue weighted by atomic mass is 10.1. The molecule has 0 saturated carbocycles. The van der Waals surface area contributed by atoms with Crippen molar-refractivity contribution < 1.29 is 26.8 Å². The Labute approximate surface area is 193 Å². The Morgan fingerprint density at radius 1 is 1.06 bits per heavy atom. The van der Waals surface area contributed by atoms with Crippen molar-refractivity contribution >= 4 is 27.5 Å². The van der Waals surface area contributed by atoms with Gasteiger partial charge in [0.2, 0.25) is 21.8 Å². The van der Waals surface area contributed by atoms with Crippen molar-refractivity contribution in [2.24, 2.45) is 0 Å². The number of benzene rings is 2. The van der Waals surface area contributed by atoms with Gasteiger partial charge in [-0.15, -0.1) is 0 Å². The van der Waals surface area contributed by atoms with E-state index in [4.69, 9.17) is 0 Å². The normalized spacial score (nSPS) is 12.2. The van der Waals surface area contributed by atoms with Gasteiger partial charge in [-0.2, -0.15) is 0 Å². The van der Waals surface area contributed by atoms with Gasteiger partial charge in [0.25, 0.3) is 0 Å². The summed E-state index contributed by atoms with van der Waals surface area (Å²) in [6.45, 7) is 3.58. The Balaban J connectivity index is 2.15. The molecule has 33 heavy (non-hydrogen) atoms. The van der Waals surface area contributed by atoms with E-state index in [-0.39, 0.29) is 43.1 Å². The number of carbonyl (C=O) groups is 2. The molecule has 2 rings (SSSR count). The molecule has 0 aliphatic heterocycles. The smallest absolute Gasteiger partial charge is 0.242 e. The zero-order chi connectivity index (χ0) is 24.6. The minimum atomic E-state index is -3.67. The van der Waals surface area contributed by atoms with E-state index in [2.05, 4.69) is 5.32 Å². The van der Waals surface area contributed by atoms with E-state index >= 15 is 0 Å². The number of carbonyl (C=O) groups excluding carboxylic acids is 2. The number of likely N-dealkylation sites (N-methyl/N-ethyl adjacent to an activating group) is 1. The molecule has 7 nitrogen and oxygen atoms in total. The maximum absolute atomic E-state index is 14.2. The largest absolute Gasteiger partial charge is 0.355 e. The van der Waals surface area contributed by atoms with E-state index in [1.165, 1.54) is 29.2 Å². The van der Waals surface area contributed by atoms with Gasteiger partial charge in [0, 0.05) is 31.6 Å². The van der Waals surface area contributed by atoms with Crippen molar-refractivity contribution in [1.29, 1.82) is 0 Å². The number of hydrogen-bond donors (Lipinski definition) is 1. The zero-order valence-electron chi connectivity index (χ0n) is 18.9. The molecule has 0 aliphatic carbocycles. The van der Waals surface area contributed by atoms with Crippen LogP contribution < -0.4 is 9.62 Å². The molecule has 0 spiro atoms. The average molecular weight is 482 g/mol. The van der Waals surface area contributed by atoms with Crippen LogP contribution in [-0.2, 0) is 26.2 Å². The van der Waals surface area contributed by atoms with Gasteiger partial charge in [-0.3, -0.25) is 13.9 Å². The predicted octanol–water partition coefficient (Wildman–Crippen LogP) is 3.06. The summed E-state index contributed by atoms with van der Waals surface area (Å²) in [6.07, 6.45) is 1.12. The molecule has 0 fully saturated rings. The summed E-state index contributed by atoms with van der Waals surface area (Å²) in [7, 11) is -3.67. The van der Waals surface area contributed by atoms with E-state index in [0.29, 0.717) is 6.54 Å². The van der Waals surface area contributed by atoms with Crippen LogP contribution in [-0.4, -0.2) is 50.5 Å². The third-order valence-corrected chi connectivity index (χ3v) is 6.28. The quantitative estimate of drug-likeness (QED) is 0.535. The highest BCUT2D eigenvalue weighted by atomic mass is 32.2. The van der Waals surface area contributed by atoms with Gasteiger partial charge < -0.3 is 10.2 Å². The minimum absolute atomic E-state index is 0.0146. The fraction of sp³-hybridized carbons (Fsp3) is 0.391. The van der Waals surface area contributed by atoms with Gasteiger partial charge >= 0.3 is 0 Å². The second kappa shape index (κ2) is 11.7. The van der Waals surface area contributed by atoms with Crippen LogP contribution in [0.15, 0.2) is 48.5 Å². The number of anilines is 1. The Hall–Kier alpha value is -3.01. The molecule has 180 valence electrons. The van der Waals surface area contributed by atoms with E-state index in [1.54, 1.807) is 26.0 Å². The van der Waals surface area contributed by atoms with Crippen LogP contribution in [0, 0.1) is 11.6 Å². The number of amides is 2. The van der Waals surface area contributed by atoms with Crippen molar-refractivity contribution in [3.05, 3.63) is 65.7 Å². The van der Waals surface area contributed by atoms with E-state index in [9.17, 15) is 26.8 Å². The second-order valence-electron chi connectivity index (χ2n) is 7.60. The van der Waals surface area contributed by atoms with Gasteiger partial charge in [-0.1, -0.05) is 18.2 Å². The molecule has 1 N–H and O–H groups in total. The van der Waals surface area contributed by atoms with Crippen LogP contribution in [0.5, 0.6) is 0 Å². The first-order chi connectivity index (χ1) is 15.5. The fourth-order valence-corrected chi connectivity index (χ4v) is 4.29. The molecule has 2 amide bonds. The molecule has 0 radical (unpaired) electrons. The minimum Gasteiger partial charge on any atom is -0.355 e. The SMILES string of the molecule is CCNC(=O)C(C)N(Cc1ccccc1F)C(=O)CCCN(c1ccc(F)cc1)S(C)(=O)=O. The number of sulfonamides is 1. The first-order valence-corrected chi connectivity index (χ1v) is 12.4. The lowest BCUT2D eigenvalue weighted by molar-refractivity contribution is -0.140. The topological polar surface area (TPSA) is 86.8 Å². The van der Waals surface area contributed by atoms with Crippen molar-refractivity contribution in [2.45, 2.75) is 39.3 Å². The van der Waals surface area contributed by atoms with Crippen LogP contribution in [0.2, 0.25) is 0 Å². The Bertz CT molecular complexity index is 1060. The third-order valence-electron chi connectivity index (χ3n) is 5.08. The van der Waals surface area contributed by atoms with Crippen LogP contribution in [0.1, 0.15) is 32.3 Å². The van der Waals surface area contributed by atoms with Crippen molar-refractivity contribution in [1.82, 2.24) is 10.2 Å². The van der Waals surface area contributed by atoms with Gasteiger partial charge in [0.15, 0.2) is 0 Å². The summed E-state index contributed by atoms with van der Waals surface area (Å²) in [5, 5.41) is 2.66. The summed E-state index contributed by atoms with van der Waals surface area (Å²) < 4.78 is 52.9. The third kappa shape index (κ3) is 7.52. The van der Waals surface area contributed by atoms with Crippen molar-refractivity contribution in [2.75, 3.05) is 23.7 Å². The standard InChI is InChI=1S/C23H29F2N3O4S/c1-4-26-23(30)17(2)27(16-18-8-5-6-9-21(18)25)22(29)10-7-15-28(33(3,31)32)20-13-11-19(24)12-14-20/h5-6,8-9,11-14,17H,4,7,10,15-16H2,1-3H3,(H,26,30). The summed E-state index contributed by atoms with van der Waals surface area (Å²) >= 11 is 0. The monoisotopic (exact) mass is 481 g/mol. The van der Waals surface area contributed by atoms with Crippen LogP contribution >= 0.6 is 0 Å². The van der Waals surface area contributed by atoms with Crippen molar-refractivity contribution in [3.8, 4) is 0 Å². The summed E-state index contributed by atoms with van der Waals surface area (Å²) in [5.41, 5.74) is 0.552. The number of nitrogens with one attached hydrogen (secondary N) is 1. The van der Waals surface area contributed by atoms with E-state index < -0.39 is 33.6 Å². The summed E-state index contributed by atoms with van der Waals surface area (Å²) in [4.78, 5) is 26.7. The van der Waals surface area contributed by atoms with Crippen LogP contribution in [0.4, 0.5) is 14.5 Å². The first kappa shape index (κ1) is 26.2. The molecule has 10 heteroatoms. The van der Waals surface area contributed by atoms with Gasteiger partial charge in [-0.25, -0.2) is 17.2 Å². The lowest BCUT2D eigenvalue weighted by Gasteiger charge is -2.29. The Kier molecular flexibility index (Phi) is 9.33. The lowest BCUT2D eigenvalue weighted by Crippen LogP contribution is -2.47. The molecule has 1 unspecified atom stereocenters. The number of nitrogens with zero attached hydrogens (tertiary/aromatic N) is 2. The Morgan fingerprint density at radius 2 is 1.70 bits per heavy atom. The van der Waals surface area contributed by atoms with E-state index in [1.807, 2.05) is 0 Å². The molecule has 2 aromatic rings. The number of halogens is 2. The average Bonchev–Trinajstić information content (AvgIpc) is 2.75. The number of rotatable bonds is 11.